The predicted octanol–water partition coefficient (Wildman–Crippen LogP) is 2.10. The quantitative estimate of drug-likeness (QED) is 0.675. The molecular weight excluding hydrogens is 358 g/mol. The van der Waals surface area contributed by atoms with Crippen LogP contribution in [0, 0.1) is 5.92 Å². The van der Waals surface area contributed by atoms with Crippen molar-refractivity contribution in [3.05, 3.63) is 45.1 Å². The number of methoxy groups -OCH3 is 1. The fraction of sp³-hybridized carbons (Fsp3) is 0.450. The van der Waals surface area contributed by atoms with E-state index >= 15 is 0 Å². The average Bonchev–Trinajstić information content (AvgIpc) is 3.25. The third-order valence-corrected chi connectivity index (χ3v) is 5.31. The number of nitrogens with zero attached hydrogens (tertiary/aromatic N) is 5. The average molecular weight is 383 g/mol. The van der Waals surface area contributed by atoms with Gasteiger partial charge < -0.3 is 14.2 Å². The number of hydrogen-bond acceptors (Lipinski definition) is 5. The van der Waals surface area contributed by atoms with E-state index in [1.165, 1.54) is 9.13 Å². The van der Waals surface area contributed by atoms with Gasteiger partial charge in [-0.25, -0.2) is 4.79 Å². The zero-order valence-corrected chi connectivity index (χ0v) is 16.7. The Morgan fingerprint density at radius 3 is 2.64 bits per heavy atom. The van der Waals surface area contributed by atoms with E-state index in [2.05, 4.69) is 18.8 Å². The molecule has 0 saturated carbocycles. The molecule has 3 aromatic rings. The van der Waals surface area contributed by atoms with Gasteiger partial charge in [-0.3, -0.25) is 13.9 Å². The summed E-state index contributed by atoms with van der Waals surface area (Å²) >= 11 is 0. The van der Waals surface area contributed by atoms with Crippen LogP contribution in [0.3, 0.4) is 0 Å². The molecule has 0 spiro atoms. The van der Waals surface area contributed by atoms with Crippen LogP contribution in [-0.2, 0) is 20.1 Å². The number of rotatable bonds is 5. The molecule has 1 aromatic carbocycles. The van der Waals surface area contributed by atoms with Crippen molar-refractivity contribution >= 4 is 22.8 Å². The third-order valence-electron chi connectivity index (χ3n) is 5.31. The lowest BCUT2D eigenvalue weighted by Crippen LogP contribution is -2.40. The molecule has 0 bridgehead atoms. The van der Waals surface area contributed by atoms with Crippen molar-refractivity contribution in [3.8, 4) is 5.75 Å². The Morgan fingerprint density at radius 1 is 1.18 bits per heavy atom. The highest BCUT2D eigenvalue weighted by molar-refractivity contribution is 5.79. The fourth-order valence-corrected chi connectivity index (χ4v) is 3.74. The zero-order chi connectivity index (χ0) is 20.0. The molecule has 148 valence electrons. The van der Waals surface area contributed by atoms with Crippen molar-refractivity contribution in [2.24, 2.45) is 13.0 Å². The number of fused-ring (bicyclic) bond motifs is 3. The van der Waals surface area contributed by atoms with Gasteiger partial charge in [-0.2, -0.15) is 4.98 Å². The van der Waals surface area contributed by atoms with Gasteiger partial charge in [-0.1, -0.05) is 26.0 Å². The van der Waals surface area contributed by atoms with Crippen LogP contribution in [0.5, 0.6) is 5.75 Å². The molecule has 4 rings (SSSR count). The second-order valence-electron chi connectivity index (χ2n) is 7.54. The van der Waals surface area contributed by atoms with Crippen LogP contribution in [0.15, 0.2) is 33.9 Å². The maximum atomic E-state index is 13.1. The number of aromatic nitrogens is 4. The molecule has 8 heteroatoms. The number of imidazole rings is 1. The minimum atomic E-state index is -0.321. The van der Waals surface area contributed by atoms with Crippen molar-refractivity contribution in [3.63, 3.8) is 0 Å². The summed E-state index contributed by atoms with van der Waals surface area (Å²) in [6, 6.07) is 7.72. The summed E-state index contributed by atoms with van der Waals surface area (Å²) in [5.74, 6) is 1.81. The van der Waals surface area contributed by atoms with Gasteiger partial charge in [0.05, 0.1) is 12.8 Å². The van der Waals surface area contributed by atoms with E-state index in [0.29, 0.717) is 42.7 Å². The lowest BCUT2D eigenvalue weighted by molar-refractivity contribution is 0.415. The Bertz CT molecular complexity index is 1160. The zero-order valence-electron chi connectivity index (χ0n) is 16.7. The van der Waals surface area contributed by atoms with E-state index in [-0.39, 0.29) is 11.2 Å². The van der Waals surface area contributed by atoms with Crippen molar-refractivity contribution in [1.82, 2.24) is 18.7 Å². The van der Waals surface area contributed by atoms with Gasteiger partial charge in [-0.15, -0.1) is 0 Å². The smallest absolute Gasteiger partial charge is 0.332 e. The van der Waals surface area contributed by atoms with E-state index in [1.54, 1.807) is 14.2 Å². The maximum Gasteiger partial charge on any atom is 0.332 e. The van der Waals surface area contributed by atoms with E-state index < -0.39 is 0 Å². The van der Waals surface area contributed by atoms with Crippen molar-refractivity contribution < 1.29 is 4.74 Å². The number of para-hydroxylation sites is 2. The second kappa shape index (κ2) is 6.85. The molecule has 3 heterocycles. The first-order valence-electron chi connectivity index (χ1n) is 9.54. The van der Waals surface area contributed by atoms with Crippen LogP contribution >= 0.6 is 0 Å². The lowest BCUT2D eigenvalue weighted by atomic mass is 10.1. The van der Waals surface area contributed by atoms with Crippen LogP contribution in [0.4, 0.5) is 11.6 Å². The summed E-state index contributed by atoms with van der Waals surface area (Å²) in [5, 5.41) is 0. The van der Waals surface area contributed by atoms with Gasteiger partial charge in [0.15, 0.2) is 11.2 Å². The fourth-order valence-electron chi connectivity index (χ4n) is 3.74. The largest absolute Gasteiger partial charge is 0.495 e. The molecule has 0 saturated heterocycles. The number of benzene rings is 1. The number of hydrogen-bond donors (Lipinski definition) is 0. The van der Waals surface area contributed by atoms with E-state index in [1.807, 2.05) is 33.7 Å². The van der Waals surface area contributed by atoms with Crippen LogP contribution < -0.4 is 20.9 Å². The molecule has 1 aliphatic heterocycles. The van der Waals surface area contributed by atoms with Crippen molar-refractivity contribution in [2.75, 3.05) is 18.6 Å². The Labute approximate surface area is 162 Å². The number of anilines is 2. The normalized spacial score (nSPS) is 13.5. The second-order valence-corrected chi connectivity index (χ2v) is 7.54. The van der Waals surface area contributed by atoms with Crippen LogP contribution in [-0.4, -0.2) is 32.3 Å². The highest BCUT2D eigenvalue weighted by Crippen LogP contribution is 2.36. The first-order chi connectivity index (χ1) is 13.4. The summed E-state index contributed by atoms with van der Waals surface area (Å²) in [5.41, 5.74) is 1.21. The topological polar surface area (TPSA) is 74.3 Å². The summed E-state index contributed by atoms with van der Waals surface area (Å²) in [7, 11) is 3.31. The van der Waals surface area contributed by atoms with E-state index in [0.717, 1.165) is 17.9 Å². The van der Waals surface area contributed by atoms with Crippen LogP contribution in [0.2, 0.25) is 0 Å². The molecule has 0 radical (unpaired) electrons. The van der Waals surface area contributed by atoms with Crippen LogP contribution in [0.25, 0.3) is 11.2 Å². The predicted molar refractivity (Wildman–Crippen MR) is 109 cm³/mol. The van der Waals surface area contributed by atoms with Gasteiger partial charge in [0.1, 0.15) is 5.75 Å². The minimum Gasteiger partial charge on any atom is -0.495 e. The van der Waals surface area contributed by atoms with Gasteiger partial charge in [0.25, 0.3) is 5.56 Å². The van der Waals surface area contributed by atoms with E-state index in [9.17, 15) is 9.59 Å². The van der Waals surface area contributed by atoms with Crippen LogP contribution in [0.1, 0.15) is 20.3 Å². The monoisotopic (exact) mass is 383 g/mol. The van der Waals surface area contributed by atoms with Gasteiger partial charge in [0, 0.05) is 26.7 Å². The summed E-state index contributed by atoms with van der Waals surface area (Å²) in [4.78, 5) is 32.6. The van der Waals surface area contributed by atoms with Gasteiger partial charge in [-0.05, 0) is 24.5 Å². The Hall–Kier alpha value is -3.03. The van der Waals surface area contributed by atoms with Gasteiger partial charge in [0.2, 0.25) is 5.95 Å². The summed E-state index contributed by atoms with van der Waals surface area (Å²) in [6.07, 6.45) is 0.773. The van der Waals surface area contributed by atoms with Crippen molar-refractivity contribution in [2.45, 2.75) is 33.4 Å². The molecule has 1 aliphatic rings. The molecule has 0 N–H and O–H groups in total. The molecule has 0 aliphatic carbocycles. The maximum absolute atomic E-state index is 13.1. The van der Waals surface area contributed by atoms with E-state index in [4.69, 9.17) is 4.74 Å². The molecule has 28 heavy (non-hydrogen) atoms. The molecule has 0 unspecified atom stereocenters. The molecular formula is C20H25N5O3. The lowest BCUT2D eigenvalue weighted by Gasteiger charge is -2.18. The molecule has 0 atom stereocenters. The number of aryl methyl sites for hydroxylation is 1. The molecule has 0 fully saturated rings. The third kappa shape index (κ3) is 2.71. The van der Waals surface area contributed by atoms with Crippen molar-refractivity contribution in [1.29, 1.82) is 0 Å². The molecule has 8 nitrogen and oxygen atoms in total. The van der Waals surface area contributed by atoms with Gasteiger partial charge >= 0.3 is 5.69 Å². The first kappa shape index (κ1) is 18.3. The Morgan fingerprint density at radius 2 is 1.93 bits per heavy atom. The highest BCUT2D eigenvalue weighted by Gasteiger charge is 2.29. The Kier molecular flexibility index (Phi) is 4.49. The highest BCUT2D eigenvalue weighted by atomic mass is 16.5. The molecule has 2 aromatic heterocycles. The molecule has 0 amide bonds. The summed E-state index contributed by atoms with van der Waals surface area (Å²) < 4.78 is 10.2. The first-order valence-corrected chi connectivity index (χ1v) is 9.54. The number of ether oxygens (including phenoxy) is 1. The standard InChI is InChI=1S/C20H25N5O3/c1-13(2)9-10-25-18(26)16-17(22(3)20(25)27)21-19-23(11-12-24(16)19)14-7-5-6-8-15(14)28-4/h5-8,13H,9-12H2,1-4H3. The summed E-state index contributed by atoms with van der Waals surface area (Å²) in [6.45, 7) is 5.88. The SMILES string of the molecule is COc1ccccc1N1CCn2c1nc1c2c(=O)n(CCC(C)C)c(=O)n1C. The Balaban J connectivity index is 1.90. The minimum absolute atomic E-state index is 0.264.